The number of imidazole rings is 1. The number of nitrogens with zero attached hydrogens (tertiary/aromatic N) is 4. The summed E-state index contributed by atoms with van der Waals surface area (Å²) in [5.41, 5.74) is 3.39. The molecule has 2 aromatic heterocycles. The molecule has 114 valence electrons. The van der Waals surface area contributed by atoms with Gasteiger partial charge in [0.25, 0.3) is 0 Å². The van der Waals surface area contributed by atoms with Crippen molar-refractivity contribution in [2.45, 2.75) is 19.9 Å². The molecular formula is C18H22N4. The molecular weight excluding hydrogens is 272 g/mol. The second-order valence-electron chi connectivity index (χ2n) is 6.10. The molecule has 0 aliphatic rings. The van der Waals surface area contributed by atoms with Gasteiger partial charge in [-0.2, -0.15) is 0 Å². The smallest absolute Gasteiger partial charge is 0.140 e. The van der Waals surface area contributed by atoms with E-state index in [9.17, 15) is 0 Å². The number of rotatable bonds is 4. The molecule has 0 saturated heterocycles. The summed E-state index contributed by atoms with van der Waals surface area (Å²) in [4.78, 5) is 11.3. The second-order valence-corrected chi connectivity index (χ2v) is 6.10. The average Bonchev–Trinajstić information content (AvgIpc) is 2.96. The molecule has 4 heteroatoms. The fourth-order valence-electron chi connectivity index (χ4n) is 3.00. The zero-order chi connectivity index (χ0) is 15.7. The highest BCUT2D eigenvalue weighted by molar-refractivity contribution is 5.94. The van der Waals surface area contributed by atoms with Crippen LogP contribution < -0.4 is 0 Å². The Morgan fingerprint density at radius 1 is 1.14 bits per heavy atom. The van der Waals surface area contributed by atoms with E-state index in [1.807, 2.05) is 18.5 Å². The van der Waals surface area contributed by atoms with Gasteiger partial charge in [-0.15, -0.1) is 0 Å². The molecule has 0 N–H and O–H groups in total. The van der Waals surface area contributed by atoms with E-state index in [1.54, 1.807) is 0 Å². The summed E-state index contributed by atoms with van der Waals surface area (Å²) in [6.45, 7) is 5.30. The summed E-state index contributed by atoms with van der Waals surface area (Å²) in [6.07, 6.45) is 5.79. The van der Waals surface area contributed by atoms with Crippen molar-refractivity contribution in [1.82, 2.24) is 19.4 Å². The van der Waals surface area contributed by atoms with Crippen LogP contribution in [-0.2, 0) is 0 Å². The number of pyridine rings is 1. The van der Waals surface area contributed by atoms with Crippen molar-refractivity contribution < 1.29 is 0 Å². The minimum absolute atomic E-state index is 0.362. The van der Waals surface area contributed by atoms with E-state index < -0.39 is 0 Å². The molecule has 3 aromatic rings. The van der Waals surface area contributed by atoms with E-state index in [-0.39, 0.29) is 0 Å². The normalized spacial score (nSPS) is 13.0. The van der Waals surface area contributed by atoms with Gasteiger partial charge in [-0.1, -0.05) is 18.2 Å². The van der Waals surface area contributed by atoms with Crippen molar-refractivity contribution in [3.05, 3.63) is 48.4 Å². The first-order valence-corrected chi connectivity index (χ1v) is 7.60. The number of hydrogen-bond donors (Lipinski definition) is 0. The van der Waals surface area contributed by atoms with Crippen LogP contribution in [0.3, 0.4) is 0 Å². The van der Waals surface area contributed by atoms with Crippen LogP contribution in [-0.4, -0.2) is 40.1 Å². The van der Waals surface area contributed by atoms with Crippen molar-refractivity contribution >= 4 is 10.9 Å². The van der Waals surface area contributed by atoms with Gasteiger partial charge >= 0.3 is 0 Å². The fourth-order valence-corrected chi connectivity index (χ4v) is 3.00. The highest BCUT2D eigenvalue weighted by Crippen LogP contribution is 2.29. The molecule has 2 heterocycles. The lowest BCUT2D eigenvalue weighted by molar-refractivity contribution is 0.338. The number of aromatic nitrogens is 3. The quantitative estimate of drug-likeness (QED) is 0.738. The standard InChI is InChI=1S/C18H22N4/c1-13-7-8-16(15-6-5-9-19-17(13)15)18-20-10-11-22(18)14(2)12-21(3)4/h5-11,14H,12H2,1-4H3. The zero-order valence-corrected chi connectivity index (χ0v) is 13.6. The van der Waals surface area contributed by atoms with Gasteiger partial charge in [-0.3, -0.25) is 4.98 Å². The van der Waals surface area contributed by atoms with E-state index in [0.717, 1.165) is 28.8 Å². The van der Waals surface area contributed by atoms with Crippen LogP contribution in [0.2, 0.25) is 0 Å². The Morgan fingerprint density at radius 2 is 1.95 bits per heavy atom. The molecule has 1 atom stereocenters. The van der Waals surface area contributed by atoms with Crippen LogP contribution in [0.5, 0.6) is 0 Å². The summed E-state index contributed by atoms with van der Waals surface area (Å²) < 4.78 is 2.25. The molecule has 0 spiro atoms. The Bertz CT molecular complexity index is 789. The van der Waals surface area contributed by atoms with Crippen LogP contribution in [0, 0.1) is 6.92 Å². The maximum Gasteiger partial charge on any atom is 0.140 e. The van der Waals surface area contributed by atoms with Gasteiger partial charge < -0.3 is 9.47 Å². The lowest BCUT2D eigenvalue weighted by atomic mass is 10.0. The molecule has 1 unspecified atom stereocenters. The lowest BCUT2D eigenvalue weighted by Gasteiger charge is -2.21. The van der Waals surface area contributed by atoms with Gasteiger partial charge in [0.15, 0.2) is 0 Å². The van der Waals surface area contributed by atoms with E-state index in [4.69, 9.17) is 0 Å². The Labute approximate surface area is 131 Å². The van der Waals surface area contributed by atoms with Crippen LogP contribution in [0.25, 0.3) is 22.3 Å². The SMILES string of the molecule is Cc1ccc(-c2nccn2C(C)CN(C)C)c2cccnc12. The van der Waals surface area contributed by atoms with E-state index in [0.29, 0.717) is 6.04 Å². The Balaban J connectivity index is 2.14. The first kappa shape index (κ1) is 14.7. The number of benzene rings is 1. The van der Waals surface area contributed by atoms with Crippen LogP contribution in [0.4, 0.5) is 0 Å². The summed E-state index contributed by atoms with van der Waals surface area (Å²) in [7, 11) is 4.19. The van der Waals surface area contributed by atoms with Crippen LogP contribution in [0.15, 0.2) is 42.9 Å². The molecule has 0 aliphatic carbocycles. The summed E-state index contributed by atoms with van der Waals surface area (Å²) >= 11 is 0. The van der Waals surface area contributed by atoms with Gasteiger partial charge in [0, 0.05) is 42.1 Å². The molecule has 22 heavy (non-hydrogen) atoms. The second kappa shape index (κ2) is 5.89. The number of fused-ring (bicyclic) bond motifs is 1. The molecule has 0 radical (unpaired) electrons. The first-order valence-electron chi connectivity index (χ1n) is 7.60. The van der Waals surface area contributed by atoms with Gasteiger partial charge in [-0.25, -0.2) is 4.98 Å². The zero-order valence-electron chi connectivity index (χ0n) is 13.6. The number of aryl methyl sites for hydroxylation is 1. The van der Waals surface area contributed by atoms with Gasteiger partial charge in [0.1, 0.15) is 5.82 Å². The third-order valence-electron chi connectivity index (χ3n) is 3.99. The summed E-state index contributed by atoms with van der Waals surface area (Å²) in [6, 6.07) is 8.75. The minimum atomic E-state index is 0.362. The number of likely N-dealkylation sites (N-methyl/N-ethyl adjacent to an activating group) is 1. The molecule has 1 aromatic carbocycles. The Kier molecular flexibility index (Phi) is 3.94. The molecule has 0 saturated carbocycles. The summed E-state index contributed by atoms with van der Waals surface area (Å²) in [5, 5.41) is 1.16. The largest absolute Gasteiger partial charge is 0.327 e. The van der Waals surface area contributed by atoms with E-state index in [1.165, 1.54) is 5.56 Å². The first-order chi connectivity index (χ1) is 10.6. The lowest BCUT2D eigenvalue weighted by Crippen LogP contribution is -2.22. The van der Waals surface area contributed by atoms with Gasteiger partial charge in [0.05, 0.1) is 5.52 Å². The van der Waals surface area contributed by atoms with Crippen LogP contribution >= 0.6 is 0 Å². The predicted molar refractivity (Wildman–Crippen MR) is 91.0 cm³/mol. The van der Waals surface area contributed by atoms with Crippen molar-refractivity contribution in [3.63, 3.8) is 0 Å². The monoisotopic (exact) mass is 294 g/mol. The molecule has 0 fully saturated rings. The van der Waals surface area contributed by atoms with Crippen molar-refractivity contribution in [2.24, 2.45) is 0 Å². The maximum atomic E-state index is 4.61. The Hall–Kier alpha value is -2.20. The highest BCUT2D eigenvalue weighted by atomic mass is 15.1. The van der Waals surface area contributed by atoms with Crippen molar-refractivity contribution in [2.75, 3.05) is 20.6 Å². The van der Waals surface area contributed by atoms with E-state index in [2.05, 4.69) is 71.8 Å². The topological polar surface area (TPSA) is 34.0 Å². The molecule has 4 nitrogen and oxygen atoms in total. The molecule has 0 amide bonds. The van der Waals surface area contributed by atoms with Crippen LogP contribution in [0.1, 0.15) is 18.5 Å². The third kappa shape index (κ3) is 2.62. The van der Waals surface area contributed by atoms with Crippen molar-refractivity contribution in [3.8, 4) is 11.4 Å². The Morgan fingerprint density at radius 3 is 2.73 bits per heavy atom. The summed E-state index contributed by atoms with van der Waals surface area (Å²) in [5.74, 6) is 1.01. The molecule has 3 rings (SSSR count). The number of hydrogen-bond acceptors (Lipinski definition) is 3. The van der Waals surface area contributed by atoms with E-state index >= 15 is 0 Å². The predicted octanol–water partition coefficient (Wildman–Crippen LogP) is 3.53. The van der Waals surface area contributed by atoms with Crippen molar-refractivity contribution in [1.29, 1.82) is 0 Å². The third-order valence-corrected chi connectivity index (χ3v) is 3.99. The fraction of sp³-hybridized carbons (Fsp3) is 0.333. The van der Waals surface area contributed by atoms with Gasteiger partial charge in [0.2, 0.25) is 0 Å². The maximum absolute atomic E-state index is 4.61. The van der Waals surface area contributed by atoms with Gasteiger partial charge in [-0.05, 0) is 39.6 Å². The highest BCUT2D eigenvalue weighted by Gasteiger charge is 2.15. The average molecular weight is 294 g/mol. The molecule has 0 aliphatic heterocycles. The molecule has 0 bridgehead atoms. The minimum Gasteiger partial charge on any atom is -0.327 e.